The van der Waals surface area contributed by atoms with Crippen molar-refractivity contribution in [2.45, 2.75) is 24.9 Å². The second kappa shape index (κ2) is 10.4. The van der Waals surface area contributed by atoms with Gasteiger partial charge < -0.3 is 9.88 Å². The quantitative estimate of drug-likeness (QED) is 0.396. The smallest absolute Gasteiger partial charge is 0.264 e. The van der Waals surface area contributed by atoms with Crippen molar-refractivity contribution in [3.63, 3.8) is 0 Å². The molecular formula is C26H26N4O3S. The van der Waals surface area contributed by atoms with E-state index in [4.69, 9.17) is 0 Å². The van der Waals surface area contributed by atoms with Crippen LogP contribution in [0.4, 0.5) is 5.69 Å². The van der Waals surface area contributed by atoms with Gasteiger partial charge in [-0.15, -0.1) is 0 Å². The fourth-order valence-electron chi connectivity index (χ4n) is 3.72. The number of benzene rings is 3. The minimum atomic E-state index is -3.81. The van der Waals surface area contributed by atoms with Crippen molar-refractivity contribution in [1.29, 1.82) is 0 Å². The van der Waals surface area contributed by atoms with Gasteiger partial charge in [0.1, 0.15) is 0 Å². The Morgan fingerprint density at radius 1 is 0.971 bits per heavy atom. The third kappa shape index (κ3) is 5.35. The zero-order chi connectivity index (χ0) is 24.0. The number of hydrogen-bond donors (Lipinski definition) is 1. The lowest BCUT2D eigenvalue weighted by Gasteiger charge is -2.23. The Kier molecular flexibility index (Phi) is 7.08. The largest absolute Gasteiger partial charge is 0.348 e. The summed E-state index contributed by atoms with van der Waals surface area (Å²) in [5, 5.41) is 2.89. The first-order valence-corrected chi connectivity index (χ1v) is 12.4. The van der Waals surface area contributed by atoms with Crippen LogP contribution in [0.5, 0.6) is 0 Å². The molecule has 0 saturated carbocycles. The highest BCUT2D eigenvalue weighted by Gasteiger charge is 2.24. The maximum Gasteiger partial charge on any atom is 0.264 e. The molecule has 8 heteroatoms. The molecule has 0 bridgehead atoms. The Morgan fingerprint density at radius 3 is 2.47 bits per heavy atom. The number of rotatable bonds is 9. The number of aromatic nitrogens is 2. The first-order chi connectivity index (χ1) is 16.5. The van der Waals surface area contributed by atoms with Gasteiger partial charge in [0.2, 0.25) is 0 Å². The molecule has 0 aliphatic carbocycles. The van der Waals surface area contributed by atoms with E-state index in [1.807, 2.05) is 41.1 Å². The molecule has 3 aromatic carbocycles. The van der Waals surface area contributed by atoms with Crippen molar-refractivity contribution >= 4 is 21.6 Å². The van der Waals surface area contributed by atoms with E-state index in [-0.39, 0.29) is 17.3 Å². The fourth-order valence-corrected chi connectivity index (χ4v) is 5.24. The van der Waals surface area contributed by atoms with Gasteiger partial charge in [0, 0.05) is 37.6 Å². The van der Waals surface area contributed by atoms with Crippen LogP contribution in [0.3, 0.4) is 0 Å². The molecule has 1 N–H and O–H groups in total. The Bertz CT molecular complexity index is 1350. The summed E-state index contributed by atoms with van der Waals surface area (Å²) in [6.45, 7) is 3.08. The predicted octanol–water partition coefficient (Wildman–Crippen LogP) is 4.08. The number of carbonyl (C=O) groups is 1. The molecule has 4 aromatic rings. The monoisotopic (exact) mass is 474 g/mol. The molecule has 174 valence electrons. The van der Waals surface area contributed by atoms with E-state index in [1.54, 1.807) is 55.8 Å². The van der Waals surface area contributed by atoms with Crippen LogP contribution < -0.4 is 9.62 Å². The van der Waals surface area contributed by atoms with Crippen LogP contribution in [0.25, 0.3) is 0 Å². The Morgan fingerprint density at radius 2 is 1.74 bits per heavy atom. The lowest BCUT2D eigenvalue weighted by atomic mass is 10.1. The maximum absolute atomic E-state index is 13.3. The molecule has 1 aromatic heterocycles. The second-order valence-electron chi connectivity index (χ2n) is 7.77. The number of sulfonamides is 1. The highest BCUT2D eigenvalue weighted by Crippen LogP contribution is 2.24. The molecule has 34 heavy (non-hydrogen) atoms. The van der Waals surface area contributed by atoms with E-state index in [2.05, 4.69) is 10.3 Å². The van der Waals surface area contributed by atoms with Crippen molar-refractivity contribution in [3.8, 4) is 0 Å². The van der Waals surface area contributed by atoms with Gasteiger partial charge in [0.05, 0.1) is 16.9 Å². The van der Waals surface area contributed by atoms with E-state index < -0.39 is 10.0 Å². The van der Waals surface area contributed by atoms with E-state index in [9.17, 15) is 13.2 Å². The molecule has 0 unspecified atom stereocenters. The second-order valence-corrected chi connectivity index (χ2v) is 9.63. The lowest BCUT2D eigenvalue weighted by molar-refractivity contribution is 0.0950. The van der Waals surface area contributed by atoms with Crippen LogP contribution in [0.1, 0.15) is 28.4 Å². The molecule has 7 nitrogen and oxygen atoms in total. The Hall–Kier alpha value is -3.91. The van der Waals surface area contributed by atoms with Gasteiger partial charge in [0.15, 0.2) is 0 Å². The number of nitrogens with one attached hydrogen (secondary N) is 1. The van der Waals surface area contributed by atoms with Crippen molar-refractivity contribution in [2.75, 3.05) is 10.8 Å². The average molecular weight is 475 g/mol. The van der Waals surface area contributed by atoms with Crippen LogP contribution in [-0.4, -0.2) is 30.4 Å². The molecule has 0 aliphatic rings. The lowest BCUT2D eigenvalue weighted by Crippen LogP contribution is -2.31. The summed E-state index contributed by atoms with van der Waals surface area (Å²) in [6.07, 6.45) is 5.39. The van der Waals surface area contributed by atoms with Gasteiger partial charge in [-0.2, -0.15) is 0 Å². The normalized spacial score (nSPS) is 11.2. The summed E-state index contributed by atoms with van der Waals surface area (Å²) in [5.74, 6) is -0.333. The van der Waals surface area contributed by atoms with Crippen LogP contribution in [0.15, 0.2) is 102 Å². The summed E-state index contributed by atoms with van der Waals surface area (Å²) < 4.78 is 29.8. The molecule has 0 spiro atoms. The molecule has 1 amide bonds. The molecule has 0 radical (unpaired) electrons. The molecular weight excluding hydrogens is 448 g/mol. The molecule has 4 rings (SSSR count). The minimum absolute atomic E-state index is 0.0770. The van der Waals surface area contributed by atoms with Crippen molar-refractivity contribution in [3.05, 3.63) is 114 Å². The maximum atomic E-state index is 13.3. The highest BCUT2D eigenvalue weighted by molar-refractivity contribution is 7.92. The zero-order valence-corrected chi connectivity index (χ0v) is 19.7. The van der Waals surface area contributed by atoms with Crippen molar-refractivity contribution in [1.82, 2.24) is 14.9 Å². The van der Waals surface area contributed by atoms with Gasteiger partial charge in [-0.1, -0.05) is 48.5 Å². The number of amides is 1. The summed E-state index contributed by atoms with van der Waals surface area (Å²) >= 11 is 0. The Balaban J connectivity index is 1.47. The van der Waals surface area contributed by atoms with E-state index in [1.165, 1.54) is 16.4 Å². The number of para-hydroxylation sites is 1. The average Bonchev–Trinajstić information content (AvgIpc) is 3.37. The van der Waals surface area contributed by atoms with Crippen LogP contribution in [0.2, 0.25) is 0 Å². The van der Waals surface area contributed by atoms with Crippen molar-refractivity contribution in [2.24, 2.45) is 0 Å². The van der Waals surface area contributed by atoms with E-state index in [0.717, 1.165) is 11.1 Å². The summed E-state index contributed by atoms with van der Waals surface area (Å²) in [6, 6.07) is 23.0. The summed E-state index contributed by atoms with van der Waals surface area (Å²) in [4.78, 5) is 16.9. The van der Waals surface area contributed by atoms with Gasteiger partial charge in [0.25, 0.3) is 15.9 Å². The van der Waals surface area contributed by atoms with Gasteiger partial charge in [-0.25, -0.2) is 13.4 Å². The first kappa shape index (κ1) is 23.3. The van der Waals surface area contributed by atoms with Gasteiger partial charge in [-0.05, 0) is 48.4 Å². The standard InChI is InChI=1S/C26H26N4O3S/c1-2-30(24-11-4-3-5-12-24)34(32,33)25-13-7-10-23(17-25)26(31)28-18-21-8-6-9-22(16-21)19-29-15-14-27-20-29/h3-17,20H,2,18-19H2,1H3,(H,28,31). The van der Waals surface area contributed by atoms with Crippen LogP contribution in [0, 0.1) is 0 Å². The van der Waals surface area contributed by atoms with Crippen molar-refractivity contribution < 1.29 is 13.2 Å². The number of anilines is 1. The first-order valence-electron chi connectivity index (χ1n) is 11.0. The topological polar surface area (TPSA) is 84.3 Å². The molecule has 0 saturated heterocycles. The third-order valence-electron chi connectivity index (χ3n) is 5.38. The molecule has 0 fully saturated rings. The zero-order valence-electron chi connectivity index (χ0n) is 18.8. The number of carbonyl (C=O) groups excluding carboxylic acids is 1. The van der Waals surface area contributed by atoms with E-state index in [0.29, 0.717) is 24.3 Å². The molecule has 0 aliphatic heterocycles. The Labute approximate surface area is 199 Å². The molecule has 0 atom stereocenters. The minimum Gasteiger partial charge on any atom is -0.348 e. The predicted molar refractivity (Wildman–Crippen MR) is 132 cm³/mol. The van der Waals surface area contributed by atoms with E-state index >= 15 is 0 Å². The number of hydrogen-bond acceptors (Lipinski definition) is 4. The third-order valence-corrected chi connectivity index (χ3v) is 7.28. The number of imidazole rings is 1. The summed E-state index contributed by atoms with van der Waals surface area (Å²) in [5.41, 5.74) is 2.92. The highest BCUT2D eigenvalue weighted by atomic mass is 32.2. The molecule has 1 heterocycles. The summed E-state index contributed by atoms with van der Waals surface area (Å²) in [7, 11) is -3.81. The van der Waals surface area contributed by atoms with Gasteiger partial charge >= 0.3 is 0 Å². The van der Waals surface area contributed by atoms with Crippen LogP contribution >= 0.6 is 0 Å². The fraction of sp³-hybridized carbons (Fsp3) is 0.154. The SMILES string of the molecule is CCN(c1ccccc1)S(=O)(=O)c1cccc(C(=O)NCc2cccc(Cn3ccnc3)c2)c1. The number of nitrogens with zero attached hydrogens (tertiary/aromatic N) is 3. The van der Waals surface area contributed by atoms with Gasteiger partial charge in [-0.3, -0.25) is 9.10 Å². The van der Waals surface area contributed by atoms with Crippen LogP contribution in [-0.2, 0) is 23.1 Å².